The molecule has 0 bridgehead atoms. The van der Waals surface area contributed by atoms with E-state index in [1.807, 2.05) is 39.0 Å². The second kappa shape index (κ2) is 13.6. The highest BCUT2D eigenvalue weighted by molar-refractivity contribution is 5.66. The number of aliphatic hydroxyl groups is 1. The number of hydrogen-bond donors (Lipinski definition) is 3. The van der Waals surface area contributed by atoms with Crippen LogP contribution >= 0.6 is 0 Å². The van der Waals surface area contributed by atoms with Gasteiger partial charge in [0.05, 0.1) is 25.9 Å². The standard InChI is InChI=1S/C25H44N2O6/c1-17(2)19(15-20(21(28)16-26)27(24(29)30)25(3,4)5)13-18-9-10-22(32-7)23(14-18)33-12-8-11-31-6/h9-10,14,17,19-21,28H,8,11-13,15-16,26H2,1-7H3,(H,29,30)/t19-,20+,21+/m1/s1. The fraction of sp³-hybridized carbons (Fsp3) is 0.720. The molecule has 8 heteroatoms. The van der Waals surface area contributed by atoms with E-state index in [0.29, 0.717) is 37.6 Å². The van der Waals surface area contributed by atoms with E-state index in [2.05, 4.69) is 13.8 Å². The van der Waals surface area contributed by atoms with Gasteiger partial charge in [-0.1, -0.05) is 19.9 Å². The molecular formula is C25H44N2O6. The monoisotopic (exact) mass is 468 g/mol. The molecule has 0 heterocycles. The molecule has 0 saturated heterocycles. The normalized spacial score (nSPS) is 14.6. The van der Waals surface area contributed by atoms with E-state index < -0.39 is 23.8 Å². The minimum Gasteiger partial charge on any atom is -0.493 e. The van der Waals surface area contributed by atoms with Crippen molar-refractivity contribution < 1.29 is 29.2 Å². The predicted molar refractivity (Wildman–Crippen MR) is 130 cm³/mol. The molecule has 33 heavy (non-hydrogen) atoms. The fourth-order valence-corrected chi connectivity index (χ4v) is 4.07. The van der Waals surface area contributed by atoms with Crippen molar-refractivity contribution in [3.63, 3.8) is 0 Å². The van der Waals surface area contributed by atoms with Crippen molar-refractivity contribution in [1.29, 1.82) is 0 Å². The van der Waals surface area contributed by atoms with Crippen LogP contribution in [0.2, 0.25) is 0 Å². The third kappa shape index (κ3) is 9.02. The Morgan fingerprint density at radius 2 is 1.82 bits per heavy atom. The highest BCUT2D eigenvalue weighted by Gasteiger charge is 2.38. The summed E-state index contributed by atoms with van der Waals surface area (Å²) in [6.45, 7) is 10.9. The van der Waals surface area contributed by atoms with Gasteiger partial charge in [-0.05, 0) is 63.1 Å². The highest BCUT2D eigenvalue weighted by atomic mass is 16.5. The molecule has 0 aliphatic rings. The van der Waals surface area contributed by atoms with Crippen LogP contribution in [0.3, 0.4) is 0 Å². The summed E-state index contributed by atoms with van der Waals surface area (Å²) in [5.41, 5.74) is 6.16. The van der Waals surface area contributed by atoms with E-state index in [4.69, 9.17) is 19.9 Å². The summed E-state index contributed by atoms with van der Waals surface area (Å²) >= 11 is 0. The Balaban J connectivity index is 3.15. The maximum atomic E-state index is 12.1. The highest BCUT2D eigenvalue weighted by Crippen LogP contribution is 2.33. The number of rotatable bonds is 14. The van der Waals surface area contributed by atoms with Crippen LogP contribution in [0.25, 0.3) is 0 Å². The Kier molecular flexibility index (Phi) is 12.0. The average molecular weight is 469 g/mol. The average Bonchev–Trinajstić information content (AvgIpc) is 2.73. The number of nitrogens with two attached hydrogens (primary N) is 1. The molecule has 0 aliphatic heterocycles. The zero-order valence-electron chi connectivity index (χ0n) is 21.3. The molecule has 1 amide bonds. The lowest BCUT2D eigenvalue weighted by molar-refractivity contribution is -0.00213. The predicted octanol–water partition coefficient (Wildman–Crippen LogP) is 3.78. The first kappa shape index (κ1) is 29.0. The lowest BCUT2D eigenvalue weighted by Crippen LogP contribution is -2.57. The Hall–Kier alpha value is -2.03. The van der Waals surface area contributed by atoms with Gasteiger partial charge >= 0.3 is 6.09 Å². The topological polar surface area (TPSA) is 114 Å². The van der Waals surface area contributed by atoms with Crippen LogP contribution in [-0.4, -0.2) is 72.9 Å². The number of carboxylic acid groups (broad SMARTS) is 1. The molecule has 0 unspecified atom stereocenters. The summed E-state index contributed by atoms with van der Waals surface area (Å²) in [6, 6.07) is 5.27. The number of benzene rings is 1. The Bertz CT molecular complexity index is 719. The molecule has 1 aromatic carbocycles. The van der Waals surface area contributed by atoms with Gasteiger partial charge in [-0.25, -0.2) is 4.79 Å². The minimum atomic E-state index is -1.06. The van der Waals surface area contributed by atoms with Gasteiger partial charge in [0.2, 0.25) is 0 Å². The van der Waals surface area contributed by atoms with Crippen LogP contribution < -0.4 is 15.2 Å². The van der Waals surface area contributed by atoms with Crippen molar-refractivity contribution in [3.8, 4) is 11.5 Å². The number of carbonyl (C=O) groups is 1. The lowest BCUT2D eigenvalue weighted by Gasteiger charge is -2.43. The van der Waals surface area contributed by atoms with Crippen molar-refractivity contribution in [2.45, 2.75) is 71.6 Å². The zero-order valence-corrected chi connectivity index (χ0v) is 21.3. The van der Waals surface area contributed by atoms with E-state index in [-0.39, 0.29) is 18.4 Å². The van der Waals surface area contributed by atoms with Gasteiger partial charge in [0, 0.05) is 32.2 Å². The Morgan fingerprint density at radius 1 is 1.15 bits per heavy atom. The summed E-state index contributed by atoms with van der Waals surface area (Å²) < 4.78 is 16.4. The molecule has 0 aromatic heterocycles. The van der Waals surface area contributed by atoms with Gasteiger partial charge in [-0.3, -0.25) is 4.90 Å². The minimum absolute atomic E-state index is 0.00264. The zero-order chi connectivity index (χ0) is 25.2. The molecule has 190 valence electrons. The van der Waals surface area contributed by atoms with Crippen LogP contribution in [0.15, 0.2) is 18.2 Å². The maximum absolute atomic E-state index is 12.1. The van der Waals surface area contributed by atoms with Crippen molar-refractivity contribution in [2.24, 2.45) is 17.6 Å². The third-order valence-electron chi connectivity index (χ3n) is 5.91. The third-order valence-corrected chi connectivity index (χ3v) is 5.91. The molecule has 1 aromatic rings. The maximum Gasteiger partial charge on any atom is 0.408 e. The lowest BCUT2D eigenvalue weighted by atomic mass is 9.81. The second-order valence-electron chi connectivity index (χ2n) is 9.82. The van der Waals surface area contributed by atoms with E-state index >= 15 is 0 Å². The van der Waals surface area contributed by atoms with Gasteiger partial charge in [0.15, 0.2) is 11.5 Å². The van der Waals surface area contributed by atoms with Crippen LogP contribution in [0.4, 0.5) is 4.79 Å². The molecule has 0 radical (unpaired) electrons. The van der Waals surface area contributed by atoms with E-state index in [1.54, 1.807) is 14.2 Å². The number of aliphatic hydroxyl groups excluding tert-OH is 1. The van der Waals surface area contributed by atoms with Crippen molar-refractivity contribution >= 4 is 6.09 Å². The smallest absolute Gasteiger partial charge is 0.408 e. The summed E-state index contributed by atoms with van der Waals surface area (Å²) in [6.07, 6.45) is -0.0256. The summed E-state index contributed by atoms with van der Waals surface area (Å²) in [5.74, 6) is 1.73. The SMILES string of the molecule is COCCCOc1cc(C[C@H](C[C@@H]([C@@H](O)CN)N(C(=O)O)C(C)(C)C)C(C)C)ccc1OC. The second-order valence-corrected chi connectivity index (χ2v) is 9.82. The first-order valence-electron chi connectivity index (χ1n) is 11.6. The molecule has 0 aliphatic carbocycles. The first-order chi connectivity index (χ1) is 15.5. The Labute approximate surface area is 199 Å². The van der Waals surface area contributed by atoms with Gasteiger partial charge < -0.3 is 30.2 Å². The molecule has 1 rings (SSSR count). The number of amides is 1. The number of methoxy groups -OCH3 is 2. The molecule has 8 nitrogen and oxygen atoms in total. The molecule has 3 atom stereocenters. The molecular weight excluding hydrogens is 424 g/mol. The van der Waals surface area contributed by atoms with E-state index in [9.17, 15) is 15.0 Å². The van der Waals surface area contributed by atoms with E-state index in [1.165, 1.54) is 4.90 Å². The van der Waals surface area contributed by atoms with Crippen molar-refractivity contribution in [2.75, 3.05) is 34.0 Å². The number of ether oxygens (including phenoxy) is 3. The summed E-state index contributed by atoms with van der Waals surface area (Å²) in [5, 5.41) is 20.6. The summed E-state index contributed by atoms with van der Waals surface area (Å²) in [7, 11) is 3.27. The van der Waals surface area contributed by atoms with Crippen LogP contribution in [0.1, 0.15) is 53.0 Å². The quantitative estimate of drug-likeness (QED) is 0.356. The van der Waals surface area contributed by atoms with Crippen LogP contribution in [0, 0.1) is 11.8 Å². The van der Waals surface area contributed by atoms with Crippen molar-refractivity contribution in [1.82, 2.24) is 4.90 Å². The number of nitrogens with zero attached hydrogens (tertiary/aromatic N) is 1. The first-order valence-corrected chi connectivity index (χ1v) is 11.6. The van der Waals surface area contributed by atoms with Gasteiger partial charge in [-0.2, -0.15) is 0 Å². The molecule has 4 N–H and O–H groups in total. The molecule has 0 spiro atoms. The Morgan fingerprint density at radius 3 is 2.30 bits per heavy atom. The number of hydrogen-bond acceptors (Lipinski definition) is 6. The van der Waals surface area contributed by atoms with Crippen LogP contribution in [0.5, 0.6) is 11.5 Å². The van der Waals surface area contributed by atoms with Gasteiger partial charge in [0.25, 0.3) is 0 Å². The molecule has 0 saturated carbocycles. The largest absolute Gasteiger partial charge is 0.493 e. The fourth-order valence-electron chi connectivity index (χ4n) is 4.07. The van der Waals surface area contributed by atoms with Crippen LogP contribution in [-0.2, 0) is 11.2 Å². The summed E-state index contributed by atoms with van der Waals surface area (Å²) in [4.78, 5) is 13.5. The van der Waals surface area contributed by atoms with Crippen molar-refractivity contribution in [3.05, 3.63) is 23.8 Å². The molecule has 0 fully saturated rings. The van der Waals surface area contributed by atoms with Gasteiger partial charge in [0.1, 0.15) is 0 Å². The van der Waals surface area contributed by atoms with Gasteiger partial charge in [-0.15, -0.1) is 0 Å². The van der Waals surface area contributed by atoms with E-state index in [0.717, 1.165) is 12.0 Å².